The van der Waals surface area contributed by atoms with E-state index in [2.05, 4.69) is 36.1 Å². The maximum absolute atomic E-state index is 6.17. The summed E-state index contributed by atoms with van der Waals surface area (Å²) in [5.74, 6) is 0.866. The Morgan fingerprint density at radius 2 is 1.85 bits per heavy atom. The van der Waals surface area contributed by atoms with Crippen LogP contribution in [0, 0.1) is 0 Å². The fourth-order valence-corrected chi connectivity index (χ4v) is 2.35. The molecule has 1 aromatic carbocycles. The quantitative estimate of drug-likeness (QED) is 0.888. The Morgan fingerprint density at radius 3 is 2.45 bits per heavy atom. The Hall–Kier alpha value is -1.03. The molecule has 2 aromatic rings. The van der Waals surface area contributed by atoms with E-state index in [9.17, 15) is 0 Å². The minimum atomic E-state index is 0.0807. The molecule has 0 amide bonds. The molecule has 0 aliphatic heterocycles. The predicted molar refractivity (Wildman–Crippen MR) is 84.4 cm³/mol. The van der Waals surface area contributed by atoms with Crippen molar-refractivity contribution in [3.8, 4) is 0 Å². The summed E-state index contributed by atoms with van der Waals surface area (Å²) in [6.45, 7) is 7.15. The second-order valence-electron chi connectivity index (χ2n) is 5.84. The van der Waals surface area contributed by atoms with Crippen LogP contribution >= 0.6 is 23.2 Å². The Bertz CT molecular complexity index is 565. The second kappa shape index (κ2) is 6.17. The third-order valence-corrected chi connectivity index (χ3v) is 3.60. The average molecular weight is 312 g/mol. The van der Waals surface area contributed by atoms with Gasteiger partial charge in [0.05, 0.1) is 0 Å². The number of aromatic nitrogens is 2. The number of imidazole rings is 1. The number of benzene rings is 1. The van der Waals surface area contributed by atoms with Gasteiger partial charge in [0.2, 0.25) is 0 Å². The molecule has 1 aromatic heterocycles. The Kier molecular flexibility index (Phi) is 4.74. The molecule has 20 heavy (non-hydrogen) atoms. The molecule has 0 atom stereocenters. The molecule has 2 rings (SSSR count). The minimum absolute atomic E-state index is 0.0807. The molecule has 3 nitrogen and oxygen atoms in total. The van der Waals surface area contributed by atoms with E-state index in [0.29, 0.717) is 16.5 Å². The van der Waals surface area contributed by atoms with E-state index >= 15 is 0 Å². The summed E-state index contributed by atoms with van der Waals surface area (Å²) in [6, 6.07) is 5.52. The highest BCUT2D eigenvalue weighted by Crippen LogP contribution is 2.26. The van der Waals surface area contributed by atoms with E-state index in [1.807, 2.05) is 24.4 Å². The summed E-state index contributed by atoms with van der Waals surface area (Å²) in [6.07, 6.45) is 2.45. The highest BCUT2D eigenvalue weighted by molar-refractivity contribution is 6.36. The van der Waals surface area contributed by atoms with E-state index in [4.69, 9.17) is 23.2 Å². The number of aromatic amines is 1. The van der Waals surface area contributed by atoms with Crippen molar-refractivity contribution in [2.24, 2.45) is 0 Å². The normalized spacial score (nSPS) is 11.8. The van der Waals surface area contributed by atoms with Crippen molar-refractivity contribution >= 4 is 23.2 Å². The SMILES string of the molecule is CC(C)(C)NCc1cnc(Cc2c(Cl)cccc2Cl)[nH]1. The molecule has 0 unspecified atom stereocenters. The first-order valence-electron chi connectivity index (χ1n) is 6.56. The van der Waals surface area contributed by atoms with Crippen LogP contribution in [0.15, 0.2) is 24.4 Å². The molecule has 0 fully saturated rings. The van der Waals surface area contributed by atoms with Gasteiger partial charge < -0.3 is 10.3 Å². The molecule has 5 heteroatoms. The van der Waals surface area contributed by atoms with Crippen molar-refractivity contribution in [2.75, 3.05) is 0 Å². The van der Waals surface area contributed by atoms with E-state index in [1.54, 1.807) is 0 Å². The van der Waals surface area contributed by atoms with Crippen molar-refractivity contribution in [2.45, 2.75) is 39.3 Å². The first-order chi connectivity index (χ1) is 9.35. The van der Waals surface area contributed by atoms with Gasteiger partial charge in [-0.05, 0) is 38.5 Å². The summed E-state index contributed by atoms with van der Waals surface area (Å²) in [4.78, 5) is 7.68. The van der Waals surface area contributed by atoms with Gasteiger partial charge in [-0.25, -0.2) is 4.98 Å². The molecule has 0 spiro atoms. The average Bonchev–Trinajstić information content (AvgIpc) is 2.79. The lowest BCUT2D eigenvalue weighted by molar-refractivity contribution is 0.421. The van der Waals surface area contributed by atoms with Crippen LogP contribution in [0.4, 0.5) is 0 Å². The minimum Gasteiger partial charge on any atom is -0.345 e. The van der Waals surface area contributed by atoms with Gasteiger partial charge >= 0.3 is 0 Å². The number of halogens is 2. The lowest BCUT2D eigenvalue weighted by Crippen LogP contribution is -2.35. The number of H-pyrrole nitrogens is 1. The van der Waals surface area contributed by atoms with Gasteiger partial charge in [-0.2, -0.15) is 0 Å². The van der Waals surface area contributed by atoms with Crippen LogP contribution in [0.2, 0.25) is 10.0 Å². The van der Waals surface area contributed by atoms with E-state index in [1.165, 1.54) is 0 Å². The topological polar surface area (TPSA) is 40.7 Å². The summed E-state index contributed by atoms with van der Waals surface area (Å²) >= 11 is 12.3. The van der Waals surface area contributed by atoms with Crippen LogP contribution in [0.25, 0.3) is 0 Å². The molecule has 0 aliphatic carbocycles. The number of rotatable bonds is 4. The maximum Gasteiger partial charge on any atom is 0.110 e. The van der Waals surface area contributed by atoms with Crippen molar-refractivity contribution in [1.82, 2.24) is 15.3 Å². The molecular formula is C15H19Cl2N3. The second-order valence-corrected chi connectivity index (χ2v) is 6.65. The van der Waals surface area contributed by atoms with Crippen molar-refractivity contribution in [3.05, 3.63) is 51.5 Å². The number of nitrogens with zero attached hydrogens (tertiary/aromatic N) is 1. The monoisotopic (exact) mass is 311 g/mol. The first-order valence-corrected chi connectivity index (χ1v) is 7.31. The van der Waals surface area contributed by atoms with Crippen molar-refractivity contribution in [3.63, 3.8) is 0 Å². The van der Waals surface area contributed by atoms with Gasteiger partial charge in [0.1, 0.15) is 5.82 Å². The smallest absolute Gasteiger partial charge is 0.110 e. The lowest BCUT2D eigenvalue weighted by atomic mass is 10.1. The van der Waals surface area contributed by atoms with Crippen LogP contribution in [0.1, 0.15) is 37.9 Å². The fraction of sp³-hybridized carbons (Fsp3) is 0.400. The molecular weight excluding hydrogens is 293 g/mol. The third-order valence-electron chi connectivity index (χ3n) is 2.90. The Labute approximate surface area is 129 Å². The van der Waals surface area contributed by atoms with Crippen molar-refractivity contribution < 1.29 is 0 Å². The van der Waals surface area contributed by atoms with E-state index in [-0.39, 0.29) is 5.54 Å². The van der Waals surface area contributed by atoms with Gasteiger partial charge in [-0.15, -0.1) is 0 Å². The summed E-state index contributed by atoms with van der Waals surface area (Å²) < 4.78 is 0. The zero-order valence-corrected chi connectivity index (χ0v) is 13.4. The molecule has 0 aliphatic rings. The maximum atomic E-state index is 6.17. The molecule has 1 heterocycles. The van der Waals surface area contributed by atoms with Crippen LogP contribution in [0.3, 0.4) is 0 Å². The van der Waals surface area contributed by atoms with E-state index in [0.717, 1.165) is 23.6 Å². The molecule has 0 radical (unpaired) electrons. The van der Waals surface area contributed by atoms with Crippen LogP contribution in [-0.2, 0) is 13.0 Å². The lowest BCUT2D eigenvalue weighted by Gasteiger charge is -2.19. The third kappa shape index (κ3) is 4.23. The Balaban J connectivity index is 2.06. The number of nitrogens with one attached hydrogen (secondary N) is 2. The molecule has 0 saturated heterocycles. The Morgan fingerprint density at radius 1 is 1.20 bits per heavy atom. The van der Waals surface area contributed by atoms with Gasteiger partial charge in [0, 0.05) is 40.4 Å². The summed E-state index contributed by atoms with van der Waals surface area (Å²) in [5.41, 5.74) is 2.04. The zero-order valence-electron chi connectivity index (χ0n) is 11.9. The fourth-order valence-electron chi connectivity index (χ4n) is 1.81. The van der Waals surface area contributed by atoms with E-state index < -0.39 is 0 Å². The highest BCUT2D eigenvalue weighted by Gasteiger charge is 2.11. The summed E-state index contributed by atoms with van der Waals surface area (Å²) in [7, 11) is 0. The van der Waals surface area contributed by atoms with Gasteiger partial charge in [0.25, 0.3) is 0 Å². The number of hydrogen-bond donors (Lipinski definition) is 2. The van der Waals surface area contributed by atoms with Gasteiger partial charge in [0.15, 0.2) is 0 Å². The van der Waals surface area contributed by atoms with Crippen LogP contribution < -0.4 is 5.32 Å². The standard InChI is InChI=1S/C15H19Cl2N3/c1-15(2,3)19-9-10-8-18-14(20-10)7-11-12(16)5-4-6-13(11)17/h4-6,8,19H,7,9H2,1-3H3,(H,18,20). The van der Waals surface area contributed by atoms with Crippen LogP contribution in [0.5, 0.6) is 0 Å². The van der Waals surface area contributed by atoms with Gasteiger partial charge in [-0.1, -0.05) is 29.3 Å². The zero-order chi connectivity index (χ0) is 14.8. The predicted octanol–water partition coefficient (Wildman–Crippen LogP) is 4.20. The molecule has 2 N–H and O–H groups in total. The molecule has 0 saturated carbocycles. The molecule has 0 bridgehead atoms. The van der Waals surface area contributed by atoms with Crippen LogP contribution in [-0.4, -0.2) is 15.5 Å². The molecule has 108 valence electrons. The summed E-state index contributed by atoms with van der Waals surface area (Å²) in [5, 5.41) is 4.75. The largest absolute Gasteiger partial charge is 0.345 e. The number of hydrogen-bond acceptors (Lipinski definition) is 2. The highest BCUT2D eigenvalue weighted by atomic mass is 35.5. The van der Waals surface area contributed by atoms with Crippen molar-refractivity contribution in [1.29, 1.82) is 0 Å². The van der Waals surface area contributed by atoms with Gasteiger partial charge in [-0.3, -0.25) is 0 Å². The first kappa shape index (κ1) is 15.4.